The van der Waals surface area contributed by atoms with E-state index in [1.807, 2.05) is 0 Å². The van der Waals surface area contributed by atoms with E-state index in [1.165, 1.54) is 12.1 Å². The van der Waals surface area contributed by atoms with Crippen LogP contribution in [-0.4, -0.2) is 20.9 Å². The van der Waals surface area contributed by atoms with E-state index in [9.17, 15) is 13.2 Å². The van der Waals surface area contributed by atoms with E-state index in [-0.39, 0.29) is 23.5 Å². The molecule has 1 aliphatic rings. The highest BCUT2D eigenvalue weighted by atomic mass is 32.2. The summed E-state index contributed by atoms with van der Waals surface area (Å²) in [5.74, 6) is 0.441. The van der Waals surface area contributed by atoms with E-state index >= 15 is 0 Å². The number of ether oxygens (including phenoxy) is 1. The zero-order chi connectivity index (χ0) is 15.1. The number of benzene rings is 1. The lowest BCUT2D eigenvalue weighted by Gasteiger charge is -2.21. The van der Waals surface area contributed by atoms with E-state index in [2.05, 4.69) is 5.32 Å². The van der Waals surface area contributed by atoms with Crippen molar-refractivity contribution < 1.29 is 17.9 Å². The van der Waals surface area contributed by atoms with Crippen LogP contribution in [-0.2, 0) is 14.8 Å². The molecule has 1 aromatic carbocycles. The number of nitrogens with one attached hydrogen (secondary N) is 1. The molecule has 1 aromatic rings. The van der Waals surface area contributed by atoms with Gasteiger partial charge < -0.3 is 10.1 Å². The van der Waals surface area contributed by atoms with Crippen molar-refractivity contribution in [2.75, 3.05) is 6.61 Å². The Balaban J connectivity index is 2.30. The van der Waals surface area contributed by atoms with Crippen molar-refractivity contribution in [3.8, 4) is 5.75 Å². The number of fused-ring (bicyclic) bond motifs is 1. The highest BCUT2D eigenvalue weighted by Gasteiger charge is 2.30. The molecule has 1 aliphatic heterocycles. The van der Waals surface area contributed by atoms with Gasteiger partial charge in [-0.2, -0.15) is 0 Å². The van der Waals surface area contributed by atoms with Gasteiger partial charge in [0.25, 0.3) is 0 Å². The number of carbonyl (C=O) groups is 1. The van der Waals surface area contributed by atoms with Crippen LogP contribution >= 0.6 is 0 Å². The third-order valence-corrected chi connectivity index (χ3v) is 3.99. The first-order valence-electron chi connectivity index (χ1n) is 6.19. The number of amides is 1. The van der Waals surface area contributed by atoms with Gasteiger partial charge in [0, 0.05) is 11.0 Å². The Morgan fingerprint density at radius 3 is 2.60 bits per heavy atom. The largest absolute Gasteiger partial charge is 0.491 e. The minimum absolute atomic E-state index is 0.0109. The van der Waals surface area contributed by atoms with E-state index in [0.717, 1.165) is 0 Å². The molecule has 7 heteroatoms. The lowest BCUT2D eigenvalue weighted by atomic mass is 9.95. The number of rotatable bonds is 2. The fourth-order valence-corrected chi connectivity index (χ4v) is 2.41. The van der Waals surface area contributed by atoms with Gasteiger partial charge in [-0.25, -0.2) is 13.6 Å². The predicted molar refractivity (Wildman–Crippen MR) is 73.6 cm³/mol. The van der Waals surface area contributed by atoms with Crippen LogP contribution in [0, 0.1) is 5.41 Å². The molecule has 0 fully saturated rings. The van der Waals surface area contributed by atoms with Crippen LogP contribution in [0.4, 0.5) is 0 Å². The number of hydrogen-bond acceptors (Lipinski definition) is 4. The molecule has 1 atom stereocenters. The molecule has 20 heavy (non-hydrogen) atoms. The van der Waals surface area contributed by atoms with Crippen LogP contribution in [0.3, 0.4) is 0 Å². The third kappa shape index (κ3) is 2.94. The summed E-state index contributed by atoms with van der Waals surface area (Å²) in [5, 5.41) is 7.96. The van der Waals surface area contributed by atoms with E-state index in [4.69, 9.17) is 9.88 Å². The van der Waals surface area contributed by atoms with E-state index in [1.54, 1.807) is 26.8 Å². The quantitative estimate of drug-likeness (QED) is 0.848. The number of nitrogens with two attached hydrogens (primary N) is 1. The maximum absolute atomic E-state index is 12.0. The summed E-state index contributed by atoms with van der Waals surface area (Å²) in [6.07, 6.45) is 0. The van der Waals surface area contributed by atoms with Crippen LogP contribution < -0.4 is 15.2 Å². The van der Waals surface area contributed by atoms with E-state index in [0.29, 0.717) is 11.3 Å². The second-order valence-corrected chi connectivity index (χ2v) is 7.39. The van der Waals surface area contributed by atoms with Crippen molar-refractivity contribution in [3.05, 3.63) is 23.8 Å². The van der Waals surface area contributed by atoms with Crippen molar-refractivity contribution in [1.29, 1.82) is 0 Å². The SMILES string of the molecule is CC(C)(C)C(=O)NC1COc2ccc(S(N)(=O)=O)cc21. The molecule has 1 unspecified atom stereocenters. The first-order chi connectivity index (χ1) is 9.09. The lowest BCUT2D eigenvalue weighted by Crippen LogP contribution is -2.38. The number of hydrogen-bond donors (Lipinski definition) is 2. The number of sulfonamides is 1. The Kier molecular flexibility index (Phi) is 3.51. The Labute approximate surface area is 118 Å². The smallest absolute Gasteiger partial charge is 0.238 e. The van der Waals surface area contributed by atoms with Gasteiger partial charge in [-0.05, 0) is 18.2 Å². The molecule has 0 aliphatic carbocycles. The van der Waals surface area contributed by atoms with Crippen LogP contribution in [0.25, 0.3) is 0 Å². The monoisotopic (exact) mass is 298 g/mol. The first kappa shape index (κ1) is 14.8. The second-order valence-electron chi connectivity index (χ2n) is 5.83. The summed E-state index contributed by atoms with van der Waals surface area (Å²) < 4.78 is 28.2. The molecule has 110 valence electrons. The predicted octanol–water partition coefficient (Wildman–Crippen LogP) is 0.930. The average molecular weight is 298 g/mol. The molecule has 0 aromatic heterocycles. The Morgan fingerprint density at radius 2 is 2.05 bits per heavy atom. The molecule has 0 radical (unpaired) electrons. The van der Waals surface area contributed by atoms with Gasteiger partial charge >= 0.3 is 0 Å². The third-order valence-electron chi connectivity index (χ3n) is 3.08. The summed E-state index contributed by atoms with van der Waals surface area (Å²) in [5.41, 5.74) is 0.106. The van der Waals surface area contributed by atoms with Crippen LogP contribution in [0.2, 0.25) is 0 Å². The van der Waals surface area contributed by atoms with Gasteiger partial charge in [0.15, 0.2) is 0 Å². The minimum atomic E-state index is -3.77. The molecule has 0 bridgehead atoms. The second kappa shape index (κ2) is 4.75. The van der Waals surface area contributed by atoms with Crippen molar-refractivity contribution >= 4 is 15.9 Å². The summed E-state index contributed by atoms with van der Waals surface area (Å²) in [4.78, 5) is 12.0. The van der Waals surface area contributed by atoms with Gasteiger partial charge in [0.05, 0.1) is 10.9 Å². The van der Waals surface area contributed by atoms with Gasteiger partial charge in [0.2, 0.25) is 15.9 Å². The Hall–Kier alpha value is -1.60. The number of primary sulfonamides is 1. The van der Waals surface area contributed by atoms with Crippen molar-refractivity contribution in [2.45, 2.75) is 31.7 Å². The molecule has 1 heterocycles. The zero-order valence-electron chi connectivity index (χ0n) is 11.6. The lowest BCUT2D eigenvalue weighted by molar-refractivity contribution is -0.129. The van der Waals surface area contributed by atoms with Gasteiger partial charge in [-0.3, -0.25) is 4.79 Å². The van der Waals surface area contributed by atoms with Crippen molar-refractivity contribution in [1.82, 2.24) is 5.32 Å². The standard InChI is InChI=1S/C13H18N2O4S/c1-13(2,3)12(16)15-10-7-19-11-5-4-8(6-9(10)11)20(14,17)18/h4-6,10H,7H2,1-3H3,(H,15,16)(H2,14,17,18). The van der Waals surface area contributed by atoms with Gasteiger partial charge in [-0.15, -0.1) is 0 Å². The fourth-order valence-electron chi connectivity index (χ4n) is 1.86. The van der Waals surface area contributed by atoms with Crippen LogP contribution in [0.1, 0.15) is 32.4 Å². The molecule has 2 rings (SSSR count). The van der Waals surface area contributed by atoms with E-state index < -0.39 is 15.4 Å². The summed E-state index contributed by atoms with van der Waals surface area (Å²) in [6, 6.07) is 4.03. The molecule has 6 nitrogen and oxygen atoms in total. The molecule has 0 saturated carbocycles. The molecule has 1 amide bonds. The Bertz CT molecular complexity index is 647. The van der Waals surface area contributed by atoms with Crippen molar-refractivity contribution in [2.24, 2.45) is 10.6 Å². The molecule has 3 N–H and O–H groups in total. The zero-order valence-corrected chi connectivity index (χ0v) is 12.5. The highest BCUT2D eigenvalue weighted by Crippen LogP contribution is 2.34. The normalized spacial score (nSPS) is 18.3. The topological polar surface area (TPSA) is 98.5 Å². The average Bonchev–Trinajstić information content (AvgIpc) is 2.69. The minimum Gasteiger partial charge on any atom is -0.491 e. The molecular formula is C13H18N2O4S. The fraction of sp³-hybridized carbons (Fsp3) is 0.462. The summed E-state index contributed by atoms with van der Waals surface area (Å²) >= 11 is 0. The highest BCUT2D eigenvalue weighted by molar-refractivity contribution is 7.89. The van der Waals surface area contributed by atoms with Gasteiger partial charge in [-0.1, -0.05) is 20.8 Å². The summed E-state index contributed by atoms with van der Waals surface area (Å²) in [7, 11) is -3.77. The molecule has 0 saturated heterocycles. The Morgan fingerprint density at radius 1 is 1.40 bits per heavy atom. The van der Waals surface area contributed by atoms with Crippen LogP contribution in [0.15, 0.2) is 23.1 Å². The maximum Gasteiger partial charge on any atom is 0.238 e. The van der Waals surface area contributed by atoms with Crippen molar-refractivity contribution in [3.63, 3.8) is 0 Å². The van der Waals surface area contributed by atoms with Crippen LogP contribution in [0.5, 0.6) is 5.75 Å². The van der Waals surface area contributed by atoms with Gasteiger partial charge in [0.1, 0.15) is 12.4 Å². The molecule has 0 spiro atoms. The molecular weight excluding hydrogens is 280 g/mol. The summed E-state index contributed by atoms with van der Waals surface area (Å²) in [6.45, 7) is 5.70. The first-order valence-corrected chi connectivity index (χ1v) is 7.74. The number of carbonyl (C=O) groups excluding carboxylic acids is 1. The maximum atomic E-state index is 12.0.